The highest BCUT2D eigenvalue weighted by Gasteiger charge is 2.36. The highest BCUT2D eigenvalue weighted by Crippen LogP contribution is 2.27. The number of nitrogens with one attached hydrogen (secondary N) is 1. The number of carbonyl (C=O) groups excluding carboxylic acids is 2. The molecule has 0 aromatic heterocycles. The van der Waals surface area contributed by atoms with Crippen molar-refractivity contribution in [2.45, 2.75) is 6.92 Å². The molecule has 0 radical (unpaired) electrons. The Morgan fingerprint density at radius 2 is 2.14 bits per heavy atom. The molecule has 6 nitrogen and oxygen atoms in total. The van der Waals surface area contributed by atoms with Gasteiger partial charge in [0.25, 0.3) is 11.8 Å². The Labute approximate surface area is 124 Å². The lowest BCUT2D eigenvalue weighted by molar-refractivity contribution is -0.122. The van der Waals surface area contributed by atoms with Crippen LogP contribution >= 0.6 is 11.6 Å². The van der Waals surface area contributed by atoms with Crippen LogP contribution in [0.3, 0.4) is 0 Å². The fraction of sp³-hybridized carbons (Fsp3) is 0.154. The van der Waals surface area contributed by atoms with Gasteiger partial charge in [-0.15, -0.1) is 5.10 Å². The molecule has 1 N–H and O–H groups in total. The van der Waals surface area contributed by atoms with Crippen LogP contribution in [0.2, 0.25) is 5.02 Å². The summed E-state index contributed by atoms with van der Waals surface area (Å²) in [7, 11) is 0. The Balaban J connectivity index is 2.10. The summed E-state index contributed by atoms with van der Waals surface area (Å²) >= 11 is 5.96. The molecule has 2 aliphatic heterocycles. The van der Waals surface area contributed by atoms with Gasteiger partial charge in [0.05, 0.1) is 11.8 Å². The SMILES string of the molecule is Cc1cc(N2C(=O)C=C(F)N3CC(=O)NN=C32)ccc1Cl. The largest absolute Gasteiger partial charge is 0.277 e. The molecule has 0 aliphatic carbocycles. The van der Waals surface area contributed by atoms with Crippen LogP contribution in [0.4, 0.5) is 10.1 Å². The maximum atomic E-state index is 13.8. The summed E-state index contributed by atoms with van der Waals surface area (Å²) in [6.07, 6.45) is 0.821. The molecule has 2 aliphatic rings. The van der Waals surface area contributed by atoms with E-state index >= 15 is 0 Å². The Morgan fingerprint density at radius 3 is 2.86 bits per heavy atom. The Bertz CT molecular complexity index is 716. The van der Waals surface area contributed by atoms with E-state index in [1.54, 1.807) is 25.1 Å². The van der Waals surface area contributed by atoms with Crippen molar-refractivity contribution in [2.75, 3.05) is 11.4 Å². The third-order valence-corrected chi connectivity index (χ3v) is 3.57. The van der Waals surface area contributed by atoms with Crippen molar-refractivity contribution in [1.29, 1.82) is 0 Å². The minimum atomic E-state index is -0.810. The van der Waals surface area contributed by atoms with Crippen molar-refractivity contribution in [2.24, 2.45) is 5.10 Å². The van der Waals surface area contributed by atoms with Gasteiger partial charge >= 0.3 is 0 Å². The molecule has 2 amide bonds. The van der Waals surface area contributed by atoms with Gasteiger partial charge < -0.3 is 0 Å². The second kappa shape index (κ2) is 4.85. The first-order valence-electron chi connectivity index (χ1n) is 6.09. The molecule has 0 spiro atoms. The lowest BCUT2D eigenvalue weighted by Crippen LogP contribution is -2.56. The first-order chi connectivity index (χ1) is 9.97. The highest BCUT2D eigenvalue weighted by atomic mass is 35.5. The fourth-order valence-electron chi connectivity index (χ4n) is 2.12. The zero-order valence-electron chi connectivity index (χ0n) is 10.9. The number of rotatable bonds is 1. The number of nitrogens with zero attached hydrogens (tertiary/aromatic N) is 3. The van der Waals surface area contributed by atoms with E-state index in [0.717, 1.165) is 16.5 Å². The monoisotopic (exact) mass is 308 g/mol. The number of halogens is 2. The minimum absolute atomic E-state index is 0.0151. The third kappa shape index (κ3) is 2.25. The summed E-state index contributed by atoms with van der Waals surface area (Å²) < 4.78 is 13.8. The van der Waals surface area contributed by atoms with Crippen molar-refractivity contribution < 1.29 is 14.0 Å². The number of hydrogen-bond donors (Lipinski definition) is 1. The van der Waals surface area contributed by atoms with Crippen molar-refractivity contribution in [3.05, 3.63) is 40.8 Å². The van der Waals surface area contributed by atoms with E-state index in [-0.39, 0.29) is 12.5 Å². The standard InChI is InChI=1S/C13H10ClFN4O2/c1-7-4-8(2-3-9(7)14)19-12(21)5-10(15)18-6-11(20)16-17-13(18)19/h2-5H,6H2,1H3,(H,16,20). The van der Waals surface area contributed by atoms with Crippen LogP contribution in [-0.4, -0.2) is 29.2 Å². The number of fused-ring (bicyclic) bond motifs is 1. The average molecular weight is 309 g/mol. The average Bonchev–Trinajstić information content (AvgIpc) is 2.43. The molecule has 0 atom stereocenters. The van der Waals surface area contributed by atoms with Crippen LogP contribution in [0, 0.1) is 6.92 Å². The number of anilines is 1. The molecular formula is C13H10ClFN4O2. The number of benzene rings is 1. The van der Waals surface area contributed by atoms with Gasteiger partial charge in [0.15, 0.2) is 0 Å². The van der Waals surface area contributed by atoms with Gasteiger partial charge in [0, 0.05) is 5.02 Å². The number of guanidine groups is 1. The van der Waals surface area contributed by atoms with Gasteiger partial charge in [-0.3, -0.25) is 14.5 Å². The van der Waals surface area contributed by atoms with E-state index in [2.05, 4.69) is 10.5 Å². The Kier molecular flexibility index (Phi) is 3.13. The van der Waals surface area contributed by atoms with Crippen molar-refractivity contribution in [3.63, 3.8) is 0 Å². The van der Waals surface area contributed by atoms with Gasteiger partial charge in [0.2, 0.25) is 11.9 Å². The predicted octanol–water partition coefficient (Wildman–Crippen LogP) is 1.51. The van der Waals surface area contributed by atoms with Gasteiger partial charge in [-0.25, -0.2) is 10.3 Å². The van der Waals surface area contributed by atoms with Gasteiger partial charge in [-0.1, -0.05) is 11.6 Å². The van der Waals surface area contributed by atoms with E-state index < -0.39 is 17.8 Å². The quantitative estimate of drug-likeness (QED) is 0.800. The molecular weight excluding hydrogens is 299 g/mol. The van der Waals surface area contributed by atoms with Crippen LogP contribution < -0.4 is 10.3 Å². The maximum Gasteiger partial charge on any atom is 0.262 e. The van der Waals surface area contributed by atoms with Gasteiger partial charge in [0.1, 0.15) is 6.54 Å². The normalized spacial score (nSPS) is 18.0. The number of carbonyl (C=O) groups is 2. The van der Waals surface area contributed by atoms with Crippen LogP contribution in [0.5, 0.6) is 0 Å². The second-order valence-corrected chi connectivity index (χ2v) is 5.01. The molecule has 8 heteroatoms. The number of aryl methyl sites for hydroxylation is 1. The molecule has 3 rings (SSSR count). The minimum Gasteiger partial charge on any atom is -0.277 e. The van der Waals surface area contributed by atoms with Gasteiger partial charge in [-0.2, -0.15) is 4.39 Å². The first-order valence-corrected chi connectivity index (χ1v) is 6.46. The molecule has 1 aromatic carbocycles. The third-order valence-electron chi connectivity index (χ3n) is 3.14. The molecule has 0 unspecified atom stereocenters. The number of hydrogen-bond acceptors (Lipinski definition) is 4. The molecule has 1 aromatic rings. The zero-order chi connectivity index (χ0) is 15.1. The topological polar surface area (TPSA) is 65.0 Å². The highest BCUT2D eigenvalue weighted by molar-refractivity contribution is 6.31. The Morgan fingerprint density at radius 1 is 1.38 bits per heavy atom. The van der Waals surface area contributed by atoms with Crippen LogP contribution in [0.25, 0.3) is 0 Å². The molecule has 0 fully saturated rings. The second-order valence-electron chi connectivity index (χ2n) is 4.61. The predicted molar refractivity (Wildman–Crippen MR) is 75.1 cm³/mol. The maximum absolute atomic E-state index is 13.8. The molecule has 108 valence electrons. The van der Waals surface area contributed by atoms with Crippen LogP contribution in [0.1, 0.15) is 5.56 Å². The summed E-state index contributed by atoms with van der Waals surface area (Å²) in [6, 6.07) is 4.95. The van der Waals surface area contributed by atoms with Crippen molar-refractivity contribution in [1.82, 2.24) is 10.3 Å². The lowest BCUT2D eigenvalue weighted by Gasteiger charge is -2.36. The summed E-state index contributed by atoms with van der Waals surface area (Å²) in [5.41, 5.74) is 3.50. The van der Waals surface area contributed by atoms with Crippen molar-refractivity contribution in [3.8, 4) is 0 Å². The summed E-state index contributed by atoms with van der Waals surface area (Å²) in [6.45, 7) is 1.55. The van der Waals surface area contributed by atoms with E-state index in [1.165, 1.54) is 4.90 Å². The van der Waals surface area contributed by atoms with Gasteiger partial charge in [-0.05, 0) is 30.7 Å². The first kappa shape index (κ1) is 13.6. The molecule has 0 saturated heterocycles. The smallest absolute Gasteiger partial charge is 0.262 e. The van der Waals surface area contributed by atoms with E-state index in [1.807, 2.05) is 0 Å². The lowest BCUT2D eigenvalue weighted by atomic mass is 10.2. The molecule has 21 heavy (non-hydrogen) atoms. The van der Waals surface area contributed by atoms with E-state index in [9.17, 15) is 14.0 Å². The summed E-state index contributed by atoms with van der Waals surface area (Å²) in [5.74, 6) is -1.83. The zero-order valence-corrected chi connectivity index (χ0v) is 11.7. The summed E-state index contributed by atoms with van der Waals surface area (Å²) in [5, 5.41) is 4.33. The van der Waals surface area contributed by atoms with Crippen LogP contribution in [0.15, 0.2) is 35.3 Å². The molecule has 0 saturated carbocycles. The summed E-state index contributed by atoms with van der Waals surface area (Å²) in [4.78, 5) is 25.7. The molecule has 2 heterocycles. The number of amides is 2. The number of hydrazone groups is 1. The Hall–Kier alpha value is -2.41. The fourth-order valence-corrected chi connectivity index (χ4v) is 2.24. The van der Waals surface area contributed by atoms with E-state index in [0.29, 0.717) is 10.7 Å². The van der Waals surface area contributed by atoms with E-state index in [4.69, 9.17) is 11.6 Å². The molecule has 0 bridgehead atoms. The van der Waals surface area contributed by atoms with Crippen LogP contribution in [-0.2, 0) is 9.59 Å². The van der Waals surface area contributed by atoms with Crippen molar-refractivity contribution >= 4 is 35.1 Å².